The number of benzene rings is 1. The fourth-order valence-electron chi connectivity index (χ4n) is 3.01. The standard InChI is InChI=1S/C13H17NO/c1-15-10-5-4-9-7-13-11(12(9)8-10)3-2-6-14-13/h4-5,8,11,13-14H,2-3,6-7H2,1H3/t11-,13+/m1/s1. The molecule has 0 aromatic heterocycles. The average Bonchev–Trinajstić information content (AvgIpc) is 2.66. The molecular formula is C13H17NO. The monoisotopic (exact) mass is 203 g/mol. The summed E-state index contributed by atoms with van der Waals surface area (Å²) >= 11 is 0. The highest BCUT2D eigenvalue weighted by Crippen LogP contribution is 2.39. The largest absolute Gasteiger partial charge is 0.497 e. The van der Waals surface area contributed by atoms with E-state index in [1.54, 1.807) is 7.11 Å². The number of hydrogen-bond donors (Lipinski definition) is 1. The minimum atomic E-state index is 0.681. The summed E-state index contributed by atoms with van der Waals surface area (Å²) in [7, 11) is 1.74. The molecule has 1 saturated heterocycles. The lowest BCUT2D eigenvalue weighted by atomic mass is 9.90. The second-order valence-corrected chi connectivity index (χ2v) is 4.58. The van der Waals surface area contributed by atoms with Gasteiger partial charge in [-0.3, -0.25) is 0 Å². The number of piperidine rings is 1. The number of rotatable bonds is 1. The normalized spacial score (nSPS) is 28.3. The highest BCUT2D eigenvalue weighted by molar-refractivity contribution is 5.43. The van der Waals surface area contributed by atoms with Crippen LogP contribution in [0.5, 0.6) is 5.75 Å². The van der Waals surface area contributed by atoms with Gasteiger partial charge in [0, 0.05) is 6.04 Å². The van der Waals surface area contributed by atoms with Crippen LogP contribution in [-0.4, -0.2) is 19.7 Å². The molecule has 1 aliphatic carbocycles. The zero-order chi connectivity index (χ0) is 10.3. The smallest absolute Gasteiger partial charge is 0.119 e. The van der Waals surface area contributed by atoms with Crippen LogP contribution in [0, 0.1) is 0 Å². The molecule has 80 valence electrons. The molecular weight excluding hydrogens is 186 g/mol. The van der Waals surface area contributed by atoms with E-state index < -0.39 is 0 Å². The topological polar surface area (TPSA) is 21.3 Å². The Morgan fingerprint density at radius 3 is 3.20 bits per heavy atom. The van der Waals surface area contributed by atoms with E-state index in [9.17, 15) is 0 Å². The maximum absolute atomic E-state index is 5.30. The Morgan fingerprint density at radius 1 is 1.40 bits per heavy atom. The first-order valence-corrected chi connectivity index (χ1v) is 5.78. The average molecular weight is 203 g/mol. The van der Waals surface area contributed by atoms with Gasteiger partial charge in [0.2, 0.25) is 0 Å². The fraction of sp³-hybridized carbons (Fsp3) is 0.538. The van der Waals surface area contributed by atoms with Crippen LogP contribution in [0.3, 0.4) is 0 Å². The summed E-state index contributed by atoms with van der Waals surface area (Å²) in [6.07, 6.45) is 3.83. The van der Waals surface area contributed by atoms with Crippen molar-refractivity contribution >= 4 is 0 Å². The van der Waals surface area contributed by atoms with E-state index in [1.165, 1.54) is 36.9 Å². The van der Waals surface area contributed by atoms with E-state index in [1.807, 2.05) is 0 Å². The van der Waals surface area contributed by atoms with Crippen LogP contribution in [0.15, 0.2) is 18.2 Å². The first-order chi connectivity index (χ1) is 7.38. The lowest BCUT2D eigenvalue weighted by Gasteiger charge is -2.27. The zero-order valence-corrected chi connectivity index (χ0v) is 9.12. The van der Waals surface area contributed by atoms with E-state index >= 15 is 0 Å². The number of hydrogen-bond acceptors (Lipinski definition) is 2. The van der Waals surface area contributed by atoms with Crippen molar-refractivity contribution in [3.63, 3.8) is 0 Å². The SMILES string of the molecule is COc1ccc2c(c1)[C@H]1CCCN[C@H]1C2. The number of nitrogens with one attached hydrogen (secondary N) is 1. The third-order valence-corrected chi connectivity index (χ3v) is 3.78. The van der Waals surface area contributed by atoms with Crippen LogP contribution >= 0.6 is 0 Å². The second-order valence-electron chi connectivity index (χ2n) is 4.58. The van der Waals surface area contributed by atoms with E-state index in [0.717, 1.165) is 11.7 Å². The van der Waals surface area contributed by atoms with Gasteiger partial charge in [0.1, 0.15) is 5.75 Å². The first kappa shape index (κ1) is 9.22. The number of fused-ring (bicyclic) bond motifs is 3. The van der Waals surface area contributed by atoms with Gasteiger partial charge in [-0.1, -0.05) is 6.07 Å². The van der Waals surface area contributed by atoms with Crippen molar-refractivity contribution in [2.24, 2.45) is 0 Å². The van der Waals surface area contributed by atoms with E-state index in [4.69, 9.17) is 4.74 Å². The maximum atomic E-state index is 5.30. The summed E-state index contributed by atoms with van der Waals surface area (Å²) in [5.41, 5.74) is 3.03. The van der Waals surface area contributed by atoms with Gasteiger partial charge in [0.25, 0.3) is 0 Å². The quantitative estimate of drug-likeness (QED) is 0.754. The fourth-order valence-corrected chi connectivity index (χ4v) is 3.01. The van der Waals surface area contributed by atoms with Gasteiger partial charge in [-0.25, -0.2) is 0 Å². The molecule has 0 unspecified atom stereocenters. The summed E-state index contributed by atoms with van der Waals surface area (Å²) in [6, 6.07) is 7.22. The Balaban J connectivity index is 1.98. The predicted molar refractivity (Wildman–Crippen MR) is 60.5 cm³/mol. The molecule has 0 saturated carbocycles. The van der Waals surface area contributed by atoms with Crippen LogP contribution in [-0.2, 0) is 6.42 Å². The third-order valence-electron chi connectivity index (χ3n) is 3.78. The molecule has 15 heavy (non-hydrogen) atoms. The van der Waals surface area contributed by atoms with Crippen molar-refractivity contribution in [3.05, 3.63) is 29.3 Å². The van der Waals surface area contributed by atoms with Gasteiger partial charge >= 0.3 is 0 Å². The minimum absolute atomic E-state index is 0.681. The summed E-state index contributed by atoms with van der Waals surface area (Å²) < 4.78 is 5.30. The molecule has 1 aromatic rings. The van der Waals surface area contributed by atoms with Crippen LogP contribution in [0.2, 0.25) is 0 Å². The molecule has 0 radical (unpaired) electrons. The van der Waals surface area contributed by atoms with Crippen molar-refractivity contribution in [1.29, 1.82) is 0 Å². The highest BCUT2D eigenvalue weighted by atomic mass is 16.5. The molecule has 2 aliphatic rings. The Bertz CT molecular complexity index is 375. The second kappa shape index (κ2) is 3.53. The molecule has 1 heterocycles. The molecule has 1 aliphatic heterocycles. The van der Waals surface area contributed by atoms with E-state index in [2.05, 4.69) is 23.5 Å². The molecule has 0 bridgehead atoms. The molecule has 2 atom stereocenters. The van der Waals surface area contributed by atoms with Crippen LogP contribution in [0.1, 0.15) is 29.9 Å². The molecule has 0 spiro atoms. The van der Waals surface area contributed by atoms with Gasteiger partial charge in [-0.15, -0.1) is 0 Å². The summed E-state index contributed by atoms with van der Waals surface area (Å²) in [4.78, 5) is 0. The van der Waals surface area contributed by atoms with Gasteiger partial charge in [-0.05, 0) is 55.0 Å². The summed E-state index contributed by atoms with van der Waals surface area (Å²) in [5, 5.41) is 3.62. The lowest BCUT2D eigenvalue weighted by Crippen LogP contribution is -2.37. The third kappa shape index (κ3) is 1.44. The Kier molecular flexibility index (Phi) is 2.17. The van der Waals surface area contributed by atoms with Crippen molar-refractivity contribution in [1.82, 2.24) is 5.32 Å². The molecule has 2 heteroatoms. The Hall–Kier alpha value is -1.02. The predicted octanol–water partition coefficient (Wildman–Crippen LogP) is 2.09. The van der Waals surface area contributed by atoms with E-state index in [0.29, 0.717) is 6.04 Å². The Labute approximate surface area is 90.6 Å². The van der Waals surface area contributed by atoms with Crippen LogP contribution in [0.4, 0.5) is 0 Å². The molecule has 0 amide bonds. The van der Waals surface area contributed by atoms with Crippen molar-refractivity contribution < 1.29 is 4.74 Å². The van der Waals surface area contributed by atoms with E-state index in [-0.39, 0.29) is 0 Å². The zero-order valence-electron chi connectivity index (χ0n) is 9.12. The van der Waals surface area contributed by atoms with Crippen LogP contribution < -0.4 is 10.1 Å². The van der Waals surface area contributed by atoms with Gasteiger partial charge in [0.15, 0.2) is 0 Å². The number of ether oxygens (including phenoxy) is 1. The minimum Gasteiger partial charge on any atom is -0.497 e. The first-order valence-electron chi connectivity index (χ1n) is 5.78. The molecule has 1 aromatic carbocycles. The molecule has 1 fully saturated rings. The maximum Gasteiger partial charge on any atom is 0.119 e. The van der Waals surface area contributed by atoms with Crippen LogP contribution in [0.25, 0.3) is 0 Å². The number of methoxy groups -OCH3 is 1. The summed E-state index contributed by atoms with van der Waals surface area (Å²) in [6.45, 7) is 1.19. The van der Waals surface area contributed by atoms with Crippen molar-refractivity contribution in [2.75, 3.05) is 13.7 Å². The highest BCUT2D eigenvalue weighted by Gasteiger charge is 2.33. The summed E-state index contributed by atoms with van der Waals surface area (Å²) in [5.74, 6) is 1.73. The van der Waals surface area contributed by atoms with Gasteiger partial charge in [0.05, 0.1) is 7.11 Å². The van der Waals surface area contributed by atoms with Crippen molar-refractivity contribution in [3.8, 4) is 5.75 Å². The molecule has 3 rings (SSSR count). The molecule has 2 nitrogen and oxygen atoms in total. The molecule has 1 N–H and O–H groups in total. The van der Waals surface area contributed by atoms with Crippen molar-refractivity contribution in [2.45, 2.75) is 31.2 Å². The Morgan fingerprint density at radius 2 is 2.33 bits per heavy atom. The van der Waals surface area contributed by atoms with Gasteiger partial charge in [-0.2, -0.15) is 0 Å². The lowest BCUT2D eigenvalue weighted by molar-refractivity contribution is 0.371. The van der Waals surface area contributed by atoms with Gasteiger partial charge < -0.3 is 10.1 Å².